The van der Waals surface area contributed by atoms with E-state index in [-0.39, 0.29) is 0 Å². The van der Waals surface area contributed by atoms with Crippen LogP contribution in [0.1, 0.15) is 28.1 Å². The lowest BCUT2D eigenvalue weighted by Crippen LogP contribution is -1.94. The highest BCUT2D eigenvalue weighted by molar-refractivity contribution is 5.84. The van der Waals surface area contributed by atoms with Crippen molar-refractivity contribution >= 4 is 21.8 Å². The average Bonchev–Trinajstić information content (AvgIpc) is 2.90. The first-order valence-corrected chi connectivity index (χ1v) is 8.04. The summed E-state index contributed by atoms with van der Waals surface area (Å²) in [6, 6.07) is 17.4. The Kier molecular flexibility index (Phi) is 3.19. The Bertz CT molecular complexity index is 986. The van der Waals surface area contributed by atoms with Crippen LogP contribution in [0.25, 0.3) is 21.8 Å². The number of aromatic amines is 1. The number of nitrogens with one attached hydrogen (secondary N) is 1. The van der Waals surface area contributed by atoms with Gasteiger partial charge in [0.25, 0.3) is 0 Å². The summed E-state index contributed by atoms with van der Waals surface area (Å²) in [7, 11) is 0. The first-order chi connectivity index (χ1) is 11.1. The first kappa shape index (κ1) is 14.0. The van der Waals surface area contributed by atoms with E-state index in [0.717, 1.165) is 23.3 Å². The summed E-state index contributed by atoms with van der Waals surface area (Å²) < 4.78 is 0. The summed E-state index contributed by atoms with van der Waals surface area (Å²) >= 11 is 0. The van der Waals surface area contributed by atoms with E-state index < -0.39 is 0 Å². The molecular weight excluding hydrogens is 280 g/mol. The van der Waals surface area contributed by atoms with Crippen LogP contribution in [0.2, 0.25) is 0 Å². The molecule has 114 valence electrons. The predicted molar refractivity (Wildman–Crippen MR) is 97.1 cm³/mol. The highest BCUT2D eigenvalue weighted by atomic mass is 14.9. The smallest absolute Gasteiger partial charge is 0.111 e. The standard InChI is InChI=1S/C21H20N2/c1-13-9-19-20(10-14(13)2)23-21(22-19)12-18-11-17-7-5-4-6-16(17)8-15(18)3/h4-11H,12H2,1-3H3,(H,22,23). The fraction of sp³-hybridized carbons (Fsp3) is 0.190. The third-order valence-electron chi connectivity index (χ3n) is 4.71. The number of rotatable bonds is 2. The van der Waals surface area contributed by atoms with Crippen LogP contribution in [0, 0.1) is 20.8 Å². The fourth-order valence-corrected chi connectivity index (χ4v) is 3.18. The largest absolute Gasteiger partial charge is 0.342 e. The molecular formula is C21H20N2. The second-order valence-corrected chi connectivity index (χ2v) is 6.44. The number of imidazole rings is 1. The highest BCUT2D eigenvalue weighted by Crippen LogP contribution is 2.23. The molecule has 0 aliphatic carbocycles. The van der Waals surface area contributed by atoms with E-state index in [1.165, 1.54) is 33.0 Å². The molecule has 0 saturated heterocycles. The van der Waals surface area contributed by atoms with E-state index in [1.54, 1.807) is 0 Å². The monoisotopic (exact) mass is 300 g/mol. The predicted octanol–water partition coefficient (Wildman–Crippen LogP) is 5.23. The van der Waals surface area contributed by atoms with Gasteiger partial charge in [0.05, 0.1) is 11.0 Å². The van der Waals surface area contributed by atoms with Gasteiger partial charge in [-0.25, -0.2) is 4.98 Å². The maximum Gasteiger partial charge on any atom is 0.111 e. The summed E-state index contributed by atoms with van der Waals surface area (Å²) in [5.74, 6) is 1.03. The molecule has 2 nitrogen and oxygen atoms in total. The van der Waals surface area contributed by atoms with Gasteiger partial charge < -0.3 is 4.98 Å². The first-order valence-electron chi connectivity index (χ1n) is 8.04. The minimum Gasteiger partial charge on any atom is -0.342 e. The normalized spacial score (nSPS) is 11.4. The third kappa shape index (κ3) is 2.50. The number of fused-ring (bicyclic) bond motifs is 2. The van der Waals surface area contributed by atoms with E-state index in [0.29, 0.717) is 0 Å². The van der Waals surface area contributed by atoms with Crippen LogP contribution in [-0.2, 0) is 6.42 Å². The van der Waals surface area contributed by atoms with Crippen molar-refractivity contribution in [2.24, 2.45) is 0 Å². The average molecular weight is 300 g/mol. The molecule has 1 N–H and O–H groups in total. The molecule has 1 heterocycles. The van der Waals surface area contributed by atoms with Gasteiger partial charge in [-0.05, 0) is 65.9 Å². The number of nitrogens with zero attached hydrogens (tertiary/aromatic N) is 1. The third-order valence-corrected chi connectivity index (χ3v) is 4.71. The molecule has 0 aliphatic rings. The molecule has 4 rings (SSSR count). The summed E-state index contributed by atoms with van der Waals surface area (Å²) in [6.45, 7) is 6.46. The second-order valence-electron chi connectivity index (χ2n) is 6.44. The molecule has 0 unspecified atom stereocenters. The molecule has 0 radical (unpaired) electrons. The van der Waals surface area contributed by atoms with Crippen molar-refractivity contribution in [3.05, 3.63) is 76.6 Å². The van der Waals surface area contributed by atoms with Crippen LogP contribution < -0.4 is 0 Å². The van der Waals surface area contributed by atoms with E-state index in [9.17, 15) is 0 Å². The van der Waals surface area contributed by atoms with Gasteiger partial charge >= 0.3 is 0 Å². The molecule has 0 saturated carbocycles. The van der Waals surface area contributed by atoms with Crippen LogP contribution in [0.4, 0.5) is 0 Å². The van der Waals surface area contributed by atoms with Crippen molar-refractivity contribution < 1.29 is 0 Å². The SMILES string of the molecule is Cc1cc2nc(Cc3cc4ccccc4cc3C)[nH]c2cc1C. The van der Waals surface area contributed by atoms with Crippen molar-refractivity contribution in [3.8, 4) is 0 Å². The van der Waals surface area contributed by atoms with E-state index in [2.05, 4.69) is 74.3 Å². The zero-order chi connectivity index (χ0) is 16.0. The Morgan fingerprint density at radius 3 is 2.30 bits per heavy atom. The number of hydrogen-bond donors (Lipinski definition) is 1. The number of aromatic nitrogens is 2. The molecule has 0 bridgehead atoms. The highest BCUT2D eigenvalue weighted by Gasteiger charge is 2.08. The maximum atomic E-state index is 4.78. The zero-order valence-corrected chi connectivity index (χ0v) is 13.8. The van der Waals surface area contributed by atoms with Crippen molar-refractivity contribution in [3.63, 3.8) is 0 Å². The van der Waals surface area contributed by atoms with E-state index in [4.69, 9.17) is 4.98 Å². The Labute approximate surface area is 136 Å². The Balaban J connectivity index is 1.76. The molecule has 0 fully saturated rings. The van der Waals surface area contributed by atoms with Gasteiger partial charge in [0.2, 0.25) is 0 Å². The quantitative estimate of drug-likeness (QED) is 0.539. The van der Waals surface area contributed by atoms with Crippen LogP contribution in [-0.4, -0.2) is 9.97 Å². The molecule has 2 heteroatoms. The molecule has 0 atom stereocenters. The van der Waals surface area contributed by atoms with Gasteiger partial charge in [-0.1, -0.05) is 36.4 Å². The maximum absolute atomic E-state index is 4.78. The molecule has 23 heavy (non-hydrogen) atoms. The van der Waals surface area contributed by atoms with Crippen molar-refractivity contribution in [1.82, 2.24) is 9.97 Å². The molecule has 3 aromatic carbocycles. The number of hydrogen-bond acceptors (Lipinski definition) is 1. The van der Waals surface area contributed by atoms with E-state index >= 15 is 0 Å². The van der Waals surface area contributed by atoms with Crippen LogP contribution in [0.15, 0.2) is 48.5 Å². The number of benzene rings is 3. The Morgan fingerprint density at radius 1 is 0.826 bits per heavy atom. The van der Waals surface area contributed by atoms with Crippen LogP contribution >= 0.6 is 0 Å². The summed E-state index contributed by atoms with van der Waals surface area (Å²) in [6.07, 6.45) is 0.837. The number of aryl methyl sites for hydroxylation is 3. The van der Waals surface area contributed by atoms with Gasteiger partial charge in [-0.2, -0.15) is 0 Å². The lowest BCUT2D eigenvalue weighted by molar-refractivity contribution is 1.03. The topological polar surface area (TPSA) is 28.7 Å². The Morgan fingerprint density at radius 2 is 1.52 bits per heavy atom. The molecule has 1 aromatic heterocycles. The molecule has 0 spiro atoms. The van der Waals surface area contributed by atoms with Crippen molar-refractivity contribution in [2.45, 2.75) is 27.2 Å². The van der Waals surface area contributed by atoms with Gasteiger partial charge in [0.1, 0.15) is 5.82 Å². The second kappa shape index (κ2) is 5.24. The molecule has 4 aromatic rings. The van der Waals surface area contributed by atoms with Gasteiger partial charge in [0, 0.05) is 6.42 Å². The minimum atomic E-state index is 0.837. The van der Waals surface area contributed by atoms with Gasteiger partial charge in [0.15, 0.2) is 0 Å². The molecule has 0 aliphatic heterocycles. The molecule has 0 amide bonds. The summed E-state index contributed by atoms with van der Waals surface area (Å²) in [5.41, 5.74) is 7.42. The lowest BCUT2D eigenvalue weighted by atomic mass is 9.99. The lowest BCUT2D eigenvalue weighted by Gasteiger charge is -2.07. The fourth-order valence-electron chi connectivity index (χ4n) is 3.18. The van der Waals surface area contributed by atoms with Crippen molar-refractivity contribution in [2.75, 3.05) is 0 Å². The zero-order valence-electron chi connectivity index (χ0n) is 13.8. The summed E-state index contributed by atoms with van der Waals surface area (Å²) in [4.78, 5) is 8.25. The minimum absolute atomic E-state index is 0.837. The number of H-pyrrole nitrogens is 1. The van der Waals surface area contributed by atoms with Crippen LogP contribution in [0.5, 0.6) is 0 Å². The van der Waals surface area contributed by atoms with E-state index in [1.807, 2.05) is 0 Å². The van der Waals surface area contributed by atoms with Crippen LogP contribution in [0.3, 0.4) is 0 Å². The van der Waals surface area contributed by atoms with Gasteiger partial charge in [-0.15, -0.1) is 0 Å². The Hall–Kier alpha value is -2.61. The summed E-state index contributed by atoms with van der Waals surface area (Å²) in [5, 5.41) is 2.58. The van der Waals surface area contributed by atoms with Gasteiger partial charge in [-0.3, -0.25) is 0 Å². The van der Waals surface area contributed by atoms with Crippen molar-refractivity contribution in [1.29, 1.82) is 0 Å².